The molecule has 0 aliphatic heterocycles. The summed E-state index contributed by atoms with van der Waals surface area (Å²) in [7, 11) is 0. The number of hydrogen-bond acceptors (Lipinski definition) is 1. The van der Waals surface area contributed by atoms with Crippen molar-refractivity contribution in [2.45, 2.75) is 51.6 Å². The summed E-state index contributed by atoms with van der Waals surface area (Å²) >= 11 is 0. The van der Waals surface area contributed by atoms with Gasteiger partial charge in [-0.2, -0.15) is 0 Å². The Morgan fingerprint density at radius 1 is 1.50 bits per heavy atom. The zero-order chi connectivity index (χ0) is 9.41. The van der Waals surface area contributed by atoms with E-state index in [0.717, 1.165) is 6.42 Å². The molecule has 0 aromatic rings. The second-order valence-electron chi connectivity index (χ2n) is 3.96. The molecule has 3 heteroatoms. The molecule has 1 rings (SSSR count). The maximum absolute atomic E-state index is 13.4. The van der Waals surface area contributed by atoms with Crippen LogP contribution in [0.5, 0.6) is 0 Å². The van der Waals surface area contributed by atoms with Gasteiger partial charge in [0.15, 0.2) is 0 Å². The Balaban J connectivity index is 2.69. The number of aliphatic hydroxyl groups is 1. The van der Waals surface area contributed by atoms with Gasteiger partial charge in [0.1, 0.15) is 6.10 Å². The molecule has 1 fully saturated rings. The smallest absolute Gasteiger partial charge is 0.278 e. The highest BCUT2D eigenvalue weighted by Gasteiger charge is 2.56. The number of alkyl halides is 2. The summed E-state index contributed by atoms with van der Waals surface area (Å²) in [6.07, 6.45) is 0.599. The minimum Gasteiger partial charge on any atom is -0.387 e. The summed E-state index contributed by atoms with van der Waals surface area (Å²) in [5.41, 5.74) is -0.942. The average molecular weight is 178 g/mol. The second-order valence-corrected chi connectivity index (χ2v) is 3.96. The summed E-state index contributed by atoms with van der Waals surface area (Å²) in [5, 5.41) is 9.14. The van der Waals surface area contributed by atoms with E-state index in [-0.39, 0.29) is 6.42 Å². The molecule has 1 atom stereocenters. The maximum Gasteiger partial charge on any atom is 0.278 e. The zero-order valence-electron chi connectivity index (χ0n) is 7.61. The molecule has 12 heavy (non-hydrogen) atoms. The van der Waals surface area contributed by atoms with Crippen molar-refractivity contribution >= 4 is 0 Å². The van der Waals surface area contributed by atoms with Crippen LogP contribution in [0.25, 0.3) is 0 Å². The van der Waals surface area contributed by atoms with E-state index in [1.807, 2.05) is 0 Å². The first-order valence-electron chi connectivity index (χ1n) is 4.50. The first-order valence-corrected chi connectivity index (χ1v) is 4.50. The predicted octanol–water partition coefficient (Wildman–Crippen LogP) is 2.58. The van der Waals surface area contributed by atoms with Gasteiger partial charge in [0.2, 0.25) is 0 Å². The van der Waals surface area contributed by atoms with Crippen molar-refractivity contribution in [3.8, 4) is 0 Å². The lowest BCUT2D eigenvalue weighted by Crippen LogP contribution is -2.51. The van der Waals surface area contributed by atoms with Gasteiger partial charge in [-0.3, -0.25) is 0 Å². The van der Waals surface area contributed by atoms with E-state index in [1.54, 1.807) is 13.8 Å². The quantitative estimate of drug-likeness (QED) is 0.704. The SMILES string of the molecule is CCC(O)C(F)(F)C1(C)CCC1. The van der Waals surface area contributed by atoms with Gasteiger partial charge in [0.25, 0.3) is 5.92 Å². The minimum absolute atomic E-state index is 0.128. The lowest BCUT2D eigenvalue weighted by atomic mass is 9.64. The standard InChI is InChI=1S/C9H16F2O/c1-3-7(12)9(10,11)8(2)5-4-6-8/h7,12H,3-6H2,1-2H3. The van der Waals surface area contributed by atoms with Gasteiger partial charge < -0.3 is 5.11 Å². The Bertz CT molecular complexity index is 164. The van der Waals surface area contributed by atoms with Gasteiger partial charge in [-0.15, -0.1) is 0 Å². The normalized spacial score (nSPS) is 24.8. The van der Waals surface area contributed by atoms with Crippen LogP contribution in [0.1, 0.15) is 39.5 Å². The maximum atomic E-state index is 13.4. The molecule has 1 aliphatic carbocycles. The van der Waals surface area contributed by atoms with E-state index in [9.17, 15) is 8.78 Å². The molecule has 1 saturated carbocycles. The van der Waals surface area contributed by atoms with Crippen molar-refractivity contribution in [1.29, 1.82) is 0 Å². The molecule has 0 spiro atoms. The molecule has 1 nitrogen and oxygen atoms in total. The molecule has 0 saturated heterocycles. The Morgan fingerprint density at radius 2 is 2.00 bits per heavy atom. The first kappa shape index (κ1) is 9.90. The van der Waals surface area contributed by atoms with Crippen LogP contribution in [0.15, 0.2) is 0 Å². The van der Waals surface area contributed by atoms with Crippen molar-refractivity contribution in [2.24, 2.45) is 5.41 Å². The summed E-state index contributed by atoms with van der Waals surface area (Å²) < 4.78 is 26.8. The topological polar surface area (TPSA) is 20.2 Å². The van der Waals surface area contributed by atoms with Gasteiger partial charge >= 0.3 is 0 Å². The molecule has 1 N–H and O–H groups in total. The largest absolute Gasteiger partial charge is 0.387 e. The zero-order valence-corrected chi connectivity index (χ0v) is 7.61. The van der Waals surface area contributed by atoms with E-state index < -0.39 is 17.4 Å². The minimum atomic E-state index is -2.90. The molecule has 1 aliphatic rings. The Labute approximate surface area is 71.8 Å². The highest BCUT2D eigenvalue weighted by molar-refractivity contribution is 4.98. The third-order valence-electron chi connectivity index (χ3n) is 3.07. The molecule has 0 aromatic heterocycles. The summed E-state index contributed by atoms with van der Waals surface area (Å²) in [6.45, 7) is 3.15. The van der Waals surface area contributed by atoms with Gasteiger partial charge in [0, 0.05) is 5.41 Å². The molecule has 0 amide bonds. The van der Waals surface area contributed by atoms with E-state index in [0.29, 0.717) is 12.8 Å². The van der Waals surface area contributed by atoms with Crippen molar-refractivity contribution < 1.29 is 13.9 Å². The van der Waals surface area contributed by atoms with Crippen molar-refractivity contribution in [2.75, 3.05) is 0 Å². The van der Waals surface area contributed by atoms with Gasteiger partial charge in [0.05, 0.1) is 0 Å². The van der Waals surface area contributed by atoms with Crippen LogP contribution in [0.2, 0.25) is 0 Å². The van der Waals surface area contributed by atoms with Crippen LogP contribution in [-0.4, -0.2) is 17.1 Å². The highest BCUT2D eigenvalue weighted by Crippen LogP contribution is 2.53. The lowest BCUT2D eigenvalue weighted by molar-refractivity contribution is -0.212. The molecule has 72 valence electrons. The molecule has 0 heterocycles. The van der Waals surface area contributed by atoms with Crippen LogP contribution >= 0.6 is 0 Å². The van der Waals surface area contributed by atoms with Crippen molar-refractivity contribution in [1.82, 2.24) is 0 Å². The molecular weight excluding hydrogens is 162 g/mol. The van der Waals surface area contributed by atoms with E-state index in [2.05, 4.69) is 0 Å². The summed E-state index contributed by atoms with van der Waals surface area (Å²) in [6, 6.07) is 0. The molecule has 0 radical (unpaired) electrons. The van der Waals surface area contributed by atoms with E-state index >= 15 is 0 Å². The Morgan fingerprint density at radius 3 is 2.25 bits per heavy atom. The van der Waals surface area contributed by atoms with Crippen LogP contribution in [0.4, 0.5) is 8.78 Å². The average Bonchev–Trinajstić information content (AvgIpc) is 1.98. The third-order valence-corrected chi connectivity index (χ3v) is 3.07. The van der Waals surface area contributed by atoms with E-state index in [1.165, 1.54) is 0 Å². The van der Waals surface area contributed by atoms with Crippen LogP contribution in [0.3, 0.4) is 0 Å². The first-order chi connectivity index (χ1) is 5.44. The van der Waals surface area contributed by atoms with Gasteiger partial charge in [-0.05, 0) is 19.3 Å². The van der Waals surface area contributed by atoms with Crippen molar-refractivity contribution in [3.63, 3.8) is 0 Å². The second kappa shape index (κ2) is 2.95. The van der Waals surface area contributed by atoms with Gasteiger partial charge in [-0.1, -0.05) is 20.3 Å². The fourth-order valence-corrected chi connectivity index (χ4v) is 1.70. The van der Waals surface area contributed by atoms with Crippen LogP contribution in [-0.2, 0) is 0 Å². The molecule has 0 bridgehead atoms. The lowest BCUT2D eigenvalue weighted by Gasteiger charge is -2.46. The Kier molecular flexibility index (Phi) is 2.43. The molecule has 0 aromatic carbocycles. The van der Waals surface area contributed by atoms with Crippen LogP contribution < -0.4 is 0 Å². The number of halogens is 2. The van der Waals surface area contributed by atoms with Crippen LogP contribution in [0, 0.1) is 5.41 Å². The van der Waals surface area contributed by atoms with E-state index in [4.69, 9.17) is 5.11 Å². The summed E-state index contributed by atoms with van der Waals surface area (Å²) in [5.74, 6) is -2.90. The summed E-state index contributed by atoms with van der Waals surface area (Å²) in [4.78, 5) is 0. The predicted molar refractivity (Wildman–Crippen MR) is 43.2 cm³/mol. The van der Waals surface area contributed by atoms with Gasteiger partial charge in [-0.25, -0.2) is 8.78 Å². The number of hydrogen-bond donors (Lipinski definition) is 1. The van der Waals surface area contributed by atoms with Crippen molar-refractivity contribution in [3.05, 3.63) is 0 Å². The monoisotopic (exact) mass is 178 g/mol. The molecule has 1 unspecified atom stereocenters. The number of aliphatic hydroxyl groups excluding tert-OH is 1. The Hall–Kier alpha value is -0.180. The third kappa shape index (κ3) is 1.24. The highest BCUT2D eigenvalue weighted by atomic mass is 19.3. The fraction of sp³-hybridized carbons (Fsp3) is 1.00. The molecular formula is C9H16F2O. The number of rotatable bonds is 3. The fourth-order valence-electron chi connectivity index (χ4n) is 1.70.